The Morgan fingerprint density at radius 1 is 1.33 bits per heavy atom. The van der Waals surface area contributed by atoms with Crippen LogP contribution in [0.15, 0.2) is 29.1 Å². The van der Waals surface area contributed by atoms with Crippen molar-refractivity contribution in [3.8, 4) is 0 Å². The van der Waals surface area contributed by atoms with Crippen molar-refractivity contribution >= 4 is 10.9 Å². The van der Waals surface area contributed by atoms with Gasteiger partial charge in [-0.1, -0.05) is 12.1 Å². The number of nitrogens with zero attached hydrogens (tertiary/aromatic N) is 1. The highest BCUT2D eigenvalue weighted by Crippen LogP contribution is 2.20. The topological polar surface area (TPSA) is 87.2 Å². The lowest BCUT2D eigenvalue weighted by Gasteiger charge is -2.36. The van der Waals surface area contributed by atoms with E-state index in [1.54, 1.807) is 6.07 Å². The molecule has 6 heteroatoms. The van der Waals surface area contributed by atoms with Gasteiger partial charge in [0, 0.05) is 18.8 Å². The van der Waals surface area contributed by atoms with Crippen LogP contribution in [0, 0.1) is 0 Å². The molecule has 2 aromatic rings. The van der Waals surface area contributed by atoms with Gasteiger partial charge in [-0.25, -0.2) is 4.98 Å². The number of hydrogen-bond acceptors (Lipinski definition) is 5. The van der Waals surface area contributed by atoms with Gasteiger partial charge in [-0.2, -0.15) is 0 Å². The first-order chi connectivity index (χ1) is 10.2. The normalized spacial score (nSPS) is 18.0. The predicted octanol–water partition coefficient (Wildman–Crippen LogP) is 0.554. The van der Waals surface area contributed by atoms with Gasteiger partial charge < -0.3 is 20.1 Å². The van der Waals surface area contributed by atoms with E-state index < -0.39 is 0 Å². The van der Waals surface area contributed by atoms with E-state index in [4.69, 9.17) is 4.74 Å². The van der Waals surface area contributed by atoms with Crippen LogP contribution in [0.5, 0.6) is 0 Å². The van der Waals surface area contributed by atoms with Gasteiger partial charge in [0.05, 0.1) is 24.1 Å². The number of rotatable bonds is 4. The average Bonchev–Trinajstić information content (AvgIpc) is 2.54. The summed E-state index contributed by atoms with van der Waals surface area (Å²) < 4.78 is 5.33. The van der Waals surface area contributed by atoms with E-state index in [2.05, 4.69) is 15.3 Å². The molecule has 21 heavy (non-hydrogen) atoms. The number of nitrogens with one attached hydrogen (secondary N) is 2. The molecule has 0 unspecified atom stereocenters. The number of para-hydroxylation sites is 1. The van der Waals surface area contributed by atoms with Crippen LogP contribution in [0.2, 0.25) is 0 Å². The molecule has 0 saturated carbocycles. The summed E-state index contributed by atoms with van der Waals surface area (Å²) >= 11 is 0. The molecule has 6 nitrogen and oxygen atoms in total. The van der Waals surface area contributed by atoms with Crippen LogP contribution in [-0.2, 0) is 11.3 Å². The number of H-pyrrole nitrogens is 1. The van der Waals surface area contributed by atoms with Gasteiger partial charge in [0.1, 0.15) is 5.82 Å². The highest BCUT2D eigenvalue weighted by molar-refractivity contribution is 5.77. The molecular weight excluding hydrogens is 270 g/mol. The summed E-state index contributed by atoms with van der Waals surface area (Å²) in [6.07, 6.45) is 1.50. The molecule has 112 valence electrons. The molecule has 0 bridgehead atoms. The van der Waals surface area contributed by atoms with Crippen LogP contribution in [0.3, 0.4) is 0 Å². The monoisotopic (exact) mass is 289 g/mol. The molecule has 0 radical (unpaired) electrons. The summed E-state index contributed by atoms with van der Waals surface area (Å²) in [5, 5.41) is 13.6. The van der Waals surface area contributed by atoms with Crippen LogP contribution in [0.25, 0.3) is 10.9 Å². The van der Waals surface area contributed by atoms with Gasteiger partial charge in [0.15, 0.2) is 0 Å². The van der Waals surface area contributed by atoms with Crippen LogP contribution >= 0.6 is 0 Å². The second-order valence-corrected chi connectivity index (χ2v) is 5.43. The number of fused-ring (bicyclic) bond motifs is 1. The maximum Gasteiger partial charge on any atom is 0.258 e. The molecule has 0 amide bonds. The van der Waals surface area contributed by atoms with E-state index >= 15 is 0 Å². The van der Waals surface area contributed by atoms with E-state index in [0.717, 1.165) is 12.8 Å². The van der Waals surface area contributed by atoms with Crippen molar-refractivity contribution in [3.05, 3.63) is 40.4 Å². The Balaban J connectivity index is 1.80. The van der Waals surface area contributed by atoms with E-state index in [1.165, 1.54) is 0 Å². The Bertz CT molecular complexity index is 677. The Morgan fingerprint density at radius 3 is 2.86 bits per heavy atom. The van der Waals surface area contributed by atoms with Crippen molar-refractivity contribution in [2.24, 2.45) is 0 Å². The summed E-state index contributed by atoms with van der Waals surface area (Å²) in [5.74, 6) is 0.581. The summed E-state index contributed by atoms with van der Waals surface area (Å²) in [7, 11) is 0. The third-order valence-corrected chi connectivity index (χ3v) is 4.05. The van der Waals surface area contributed by atoms with Gasteiger partial charge in [-0.05, 0) is 25.0 Å². The molecule has 1 aliphatic heterocycles. The van der Waals surface area contributed by atoms with E-state index in [-0.39, 0.29) is 17.7 Å². The molecule has 0 spiro atoms. The third kappa shape index (κ3) is 2.97. The van der Waals surface area contributed by atoms with Gasteiger partial charge in [0.2, 0.25) is 0 Å². The molecule has 0 aliphatic carbocycles. The molecule has 3 N–H and O–H groups in total. The number of benzene rings is 1. The van der Waals surface area contributed by atoms with Crippen molar-refractivity contribution in [1.82, 2.24) is 15.3 Å². The van der Waals surface area contributed by atoms with Gasteiger partial charge in [-0.15, -0.1) is 0 Å². The Morgan fingerprint density at radius 2 is 2.10 bits per heavy atom. The zero-order valence-electron chi connectivity index (χ0n) is 11.8. The Labute approximate surface area is 122 Å². The molecule has 0 atom stereocenters. The minimum Gasteiger partial charge on any atom is -0.394 e. The summed E-state index contributed by atoms with van der Waals surface area (Å²) in [6.45, 7) is 1.74. The minimum atomic E-state index is -0.345. The highest BCUT2D eigenvalue weighted by atomic mass is 16.5. The van der Waals surface area contributed by atoms with Gasteiger partial charge in [-0.3, -0.25) is 4.79 Å². The van der Waals surface area contributed by atoms with Crippen LogP contribution in [0.4, 0.5) is 0 Å². The number of aromatic nitrogens is 2. The average molecular weight is 289 g/mol. The zero-order valence-corrected chi connectivity index (χ0v) is 11.8. The quantitative estimate of drug-likeness (QED) is 0.765. The number of aliphatic hydroxyl groups excluding tert-OH is 1. The van der Waals surface area contributed by atoms with Crippen molar-refractivity contribution < 1.29 is 9.84 Å². The molecule has 1 aromatic heterocycles. The summed E-state index contributed by atoms with van der Waals surface area (Å²) in [6, 6.07) is 7.26. The zero-order chi connectivity index (χ0) is 14.7. The maximum atomic E-state index is 12.0. The van der Waals surface area contributed by atoms with Crippen LogP contribution in [0.1, 0.15) is 18.7 Å². The molecular formula is C15H19N3O3. The van der Waals surface area contributed by atoms with E-state index in [1.807, 2.05) is 18.2 Å². The lowest BCUT2D eigenvalue weighted by molar-refractivity contribution is 0.0109. The van der Waals surface area contributed by atoms with Crippen LogP contribution < -0.4 is 10.9 Å². The van der Waals surface area contributed by atoms with Crippen molar-refractivity contribution in [3.63, 3.8) is 0 Å². The lowest BCUT2D eigenvalue weighted by Crippen LogP contribution is -2.52. The first kappa shape index (κ1) is 14.2. The second kappa shape index (κ2) is 5.93. The predicted molar refractivity (Wildman–Crippen MR) is 79.1 cm³/mol. The van der Waals surface area contributed by atoms with E-state index in [9.17, 15) is 9.90 Å². The van der Waals surface area contributed by atoms with Crippen molar-refractivity contribution in [1.29, 1.82) is 0 Å². The molecule has 1 aromatic carbocycles. The molecule has 3 rings (SSSR count). The SMILES string of the molecule is O=c1[nH]c(CNC2(CO)CCOCC2)nc2ccccc12. The minimum absolute atomic E-state index is 0.0498. The maximum absolute atomic E-state index is 12.0. The lowest BCUT2D eigenvalue weighted by atomic mass is 9.91. The highest BCUT2D eigenvalue weighted by Gasteiger charge is 2.31. The molecule has 1 saturated heterocycles. The molecule has 1 fully saturated rings. The first-order valence-corrected chi connectivity index (χ1v) is 7.14. The fourth-order valence-corrected chi connectivity index (χ4v) is 2.64. The summed E-state index contributed by atoms with van der Waals surface area (Å²) in [5.41, 5.74) is 0.202. The fraction of sp³-hybridized carbons (Fsp3) is 0.467. The van der Waals surface area contributed by atoms with Gasteiger partial charge >= 0.3 is 0 Å². The van der Waals surface area contributed by atoms with E-state index in [0.29, 0.717) is 36.5 Å². The largest absolute Gasteiger partial charge is 0.394 e. The first-order valence-electron chi connectivity index (χ1n) is 7.14. The summed E-state index contributed by atoms with van der Waals surface area (Å²) in [4.78, 5) is 19.3. The molecule has 2 heterocycles. The Hall–Kier alpha value is -1.76. The van der Waals surface area contributed by atoms with Crippen molar-refractivity contribution in [2.75, 3.05) is 19.8 Å². The smallest absolute Gasteiger partial charge is 0.258 e. The number of ether oxygens (including phenoxy) is 1. The fourth-order valence-electron chi connectivity index (χ4n) is 2.64. The molecule has 1 aliphatic rings. The third-order valence-electron chi connectivity index (χ3n) is 4.05. The van der Waals surface area contributed by atoms with Crippen molar-refractivity contribution in [2.45, 2.75) is 24.9 Å². The second-order valence-electron chi connectivity index (χ2n) is 5.43. The number of aliphatic hydroxyl groups is 1. The van der Waals surface area contributed by atoms with Crippen LogP contribution in [-0.4, -0.2) is 40.4 Å². The standard InChI is InChI=1S/C15H19N3O3/c19-10-15(5-7-21-8-6-15)16-9-13-17-12-4-2-1-3-11(12)14(20)18-13/h1-4,16,19H,5-10H2,(H,17,18,20). The van der Waals surface area contributed by atoms with Gasteiger partial charge in [0.25, 0.3) is 5.56 Å². The number of hydrogen-bond donors (Lipinski definition) is 3. The number of aromatic amines is 1. The Kier molecular flexibility index (Phi) is 4.01.